The summed E-state index contributed by atoms with van der Waals surface area (Å²) in [6.07, 6.45) is 2.11. The number of hydrogen-bond donors (Lipinski definition) is 4. The fourth-order valence-corrected chi connectivity index (χ4v) is 2.08. The molecule has 0 fully saturated rings. The Labute approximate surface area is 175 Å². The Bertz CT molecular complexity index is 879. The maximum atomic E-state index is 12.2. The van der Waals surface area contributed by atoms with E-state index in [0.29, 0.717) is 23.7 Å². The summed E-state index contributed by atoms with van der Waals surface area (Å²) in [4.78, 5) is 38.7. The van der Waals surface area contributed by atoms with Gasteiger partial charge in [-0.2, -0.15) is 10.3 Å². The first-order valence-electron chi connectivity index (χ1n) is 9.18. The monoisotopic (exact) mass is 412 g/mol. The molecule has 0 unspecified atom stereocenters. The number of anilines is 1. The van der Waals surface area contributed by atoms with Gasteiger partial charge in [-0.3, -0.25) is 19.7 Å². The third-order valence-corrected chi connectivity index (χ3v) is 3.52. The van der Waals surface area contributed by atoms with E-state index in [1.165, 1.54) is 0 Å². The fourth-order valence-electron chi connectivity index (χ4n) is 2.08. The highest BCUT2D eigenvalue weighted by Crippen LogP contribution is 2.10. The molecule has 0 aliphatic heterocycles. The highest BCUT2D eigenvalue weighted by molar-refractivity contribution is 5.97. The third-order valence-electron chi connectivity index (χ3n) is 3.52. The number of carbonyl (C=O) groups is 3. The lowest BCUT2D eigenvalue weighted by atomic mass is 10.2. The zero-order chi connectivity index (χ0) is 22.2. The molecule has 0 aliphatic carbocycles. The van der Waals surface area contributed by atoms with E-state index in [2.05, 4.69) is 38.2 Å². The van der Waals surface area contributed by atoms with Crippen molar-refractivity contribution in [3.8, 4) is 18.2 Å². The van der Waals surface area contributed by atoms with Crippen LogP contribution in [0, 0.1) is 23.4 Å². The number of amidine groups is 1. The van der Waals surface area contributed by atoms with Crippen LogP contribution < -0.4 is 21.3 Å². The largest absolute Gasteiger partial charge is 0.466 e. The number of esters is 1. The van der Waals surface area contributed by atoms with Gasteiger partial charge in [0.1, 0.15) is 5.84 Å². The maximum absolute atomic E-state index is 12.2. The average Bonchev–Trinajstić information content (AvgIpc) is 2.75. The first kappa shape index (κ1) is 24.0. The normalized spacial score (nSPS) is 9.97. The van der Waals surface area contributed by atoms with E-state index >= 15 is 0 Å². The quantitative estimate of drug-likeness (QED) is 0.114. The number of ether oxygens (including phenoxy) is 1. The van der Waals surface area contributed by atoms with Gasteiger partial charge in [0, 0.05) is 30.8 Å². The van der Waals surface area contributed by atoms with Crippen molar-refractivity contribution in [1.82, 2.24) is 16.0 Å². The lowest BCUT2D eigenvalue weighted by Gasteiger charge is -2.09. The standard InChI is InChI=1S/C20H24N6O4/c1-3-30-19(28)9-4-5-10-23-18(27)13-25-20(29)15-7-6-8-16(11-15)24-12-17(22-2)26-14-21/h6-8,11,24H,3-4,9,12-13H2,1-2H3,(H,22,26)(H,23,27)(H,25,29). The Kier molecular flexibility index (Phi) is 11.2. The zero-order valence-corrected chi connectivity index (χ0v) is 16.9. The Morgan fingerprint density at radius 2 is 2.03 bits per heavy atom. The van der Waals surface area contributed by atoms with Gasteiger partial charge in [0.25, 0.3) is 11.8 Å². The molecular weight excluding hydrogens is 388 g/mol. The smallest absolute Gasteiger partial charge is 0.306 e. The van der Waals surface area contributed by atoms with Crippen LogP contribution in [0.5, 0.6) is 0 Å². The Morgan fingerprint density at radius 3 is 2.73 bits per heavy atom. The third kappa shape index (κ3) is 9.76. The number of nitriles is 1. The summed E-state index contributed by atoms with van der Waals surface area (Å²) in [5, 5.41) is 19.2. The van der Waals surface area contributed by atoms with Crippen LogP contribution in [0.3, 0.4) is 0 Å². The molecule has 0 atom stereocenters. The number of likely N-dealkylation sites (N-methyl/N-ethyl adjacent to an activating group) is 1. The summed E-state index contributed by atoms with van der Waals surface area (Å²) in [5.74, 6) is 1.83. The molecule has 0 radical (unpaired) electrons. The van der Waals surface area contributed by atoms with E-state index in [0.717, 1.165) is 0 Å². The van der Waals surface area contributed by atoms with Crippen molar-refractivity contribution in [2.24, 2.45) is 4.99 Å². The van der Waals surface area contributed by atoms with Gasteiger partial charge < -0.3 is 20.7 Å². The summed E-state index contributed by atoms with van der Waals surface area (Å²) in [6, 6.07) is 9.11. The van der Waals surface area contributed by atoms with Gasteiger partial charge in [0.15, 0.2) is 0 Å². The lowest BCUT2D eigenvalue weighted by molar-refractivity contribution is -0.142. The van der Waals surface area contributed by atoms with Crippen molar-refractivity contribution in [3.05, 3.63) is 29.8 Å². The second kappa shape index (κ2) is 14.0. The van der Waals surface area contributed by atoms with E-state index in [9.17, 15) is 14.4 Å². The molecule has 0 aromatic heterocycles. The number of carbonyl (C=O) groups excluding carboxylic acids is 3. The number of rotatable bonds is 9. The molecule has 0 saturated carbocycles. The molecule has 0 bridgehead atoms. The Hall–Kier alpha value is -4.05. The van der Waals surface area contributed by atoms with E-state index < -0.39 is 11.8 Å². The van der Waals surface area contributed by atoms with Gasteiger partial charge in [-0.15, -0.1) is 0 Å². The lowest BCUT2D eigenvalue weighted by Crippen LogP contribution is -2.35. The molecule has 158 valence electrons. The molecule has 0 heterocycles. The van der Waals surface area contributed by atoms with Crippen molar-refractivity contribution in [2.45, 2.75) is 19.8 Å². The Morgan fingerprint density at radius 1 is 1.23 bits per heavy atom. The van der Waals surface area contributed by atoms with Crippen molar-refractivity contribution >= 4 is 29.3 Å². The van der Waals surface area contributed by atoms with Crippen LogP contribution in [0.15, 0.2) is 29.3 Å². The Balaban J connectivity index is 2.44. The summed E-state index contributed by atoms with van der Waals surface area (Å²) in [7, 11) is 1.65. The first-order valence-corrected chi connectivity index (χ1v) is 9.18. The summed E-state index contributed by atoms with van der Waals surface area (Å²) >= 11 is 0. The van der Waals surface area contributed by atoms with Crippen LogP contribution in [0.1, 0.15) is 30.1 Å². The number of benzene rings is 1. The number of hydrogen-bond acceptors (Lipinski definition) is 7. The van der Waals surface area contributed by atoms with Gasteiger partial charge in [-0.05, 0) is 25.1 Å². The van der Waals surface area contributed by atoms with E-state index in [-0.39, 0.29) is 31.9 Å². The van der Waals surface area contributed by atoms with E-state index in [4.69, 9.17) is 10.00 Å². The van der Waals surface area contributed by atoms with Gasteiger partial charge in [-0.25, -0.2) is 0 Å². The predicted molar refractivity (Wildman–Crippen MR) is 111 cm³/mol. The van der Waals surface area contributed by atoms with Crippen LogP contribution in [0.2, 0.25) is 0 Å². The molecule has 1 aromatic carbocycles. The number of nitrogens with one attached hydrogen (secondary N) is 4. The molecule has 0 saturated heterocycles. The van der Waals surface area contributed by atoms with Crippen LogP contribution >= 0.6 is 0 Å². The molecular formula is C20H24N6O4. The highest BCUT2D eigenvalue weighted by Gasteiger charge is 2.08. The number of aliphatic imine (C=N–C) groups is 1. The van der Waals surface area contributed by atoms with Crippen molar-refractivity contribution < 1.29 is 19.1 Å². The van der Waals surface area contributed by atoms with Crippen LogP contribution in [-0.2, 0) is 14.3 Å². The summed E-state index contributed by atoms with van der Waals surface area (Å²) < 4.78 is 4.76. The number of nitrogens with zero attached hydrogens (tertiary/aromatic N) is 2. The van der Waals surface area contributed by atoms with Gasteiger partial charge in [-0.1, -0.05) is 12.0 Å². The average molecular weight is 412 g/mol. The molecule has 10 nitrogen and oxygen atoms in total. The minimum Gasteiger partial charge on any atom is -0.466 e. The molecule has 1 aromatic rings. The molecule has 0 spiro atoms. The van der Waals surface area contributed by atoms with Gasteiger partial charge in [0.2, 0.25) is 6.19 Å². The summed E-state index contributed by atoms with van der Waals surface area (Å²) in [6.45, 7) is 2.07. The van der Waals surface area contributed by atoms with E-state index in [1.54, 1.807) is 44.4 Å². The van der Waals surface area contributed by atoms with Crippen LogP contribution in [0.4, 0.5) is 5.69 Å². The fraction of sp³-hybridized carbons (Fsp3) is 0.350. The molecule has 2 amide bonds. The van der Waals surface area contributed by atoms with E-state index in [1.807, 2.05) is 0 Å². The van der Waals surface area contributed by atoms with Crippen molar-refractivity contribution in [3.63, 3.8) is 0 Å². The minimum absolute atomic E-state index is 0.149. The molecule has 0 aliphatic rings. The molecule has 10 heteroatoms. The van der Waals surface area contributed by atoms with Crippen molar-refractivity contribution in [2.75, 3.05) is 32.1 Å². The molecule has 30 heavy (non-hydrogen) atoms. The van der Waals surface area contributed by atoms with Gasteiger partial charge in [0.05, 0.1) is 26.1 Å². The SMILES string of the molecule is CCOC(=O)CCC#CNC(=O)CNC(=O)c1cccc(NCC(=NC#N)NC)c1. The second-order valence-electron chi connectivity index (χ2n) is 5.68. The first-order chi connectivity index (χ1) is 14.5. The highest BCUT2D eigenvalue weighted by atomic mass is 16.5. The van der Waals surface area contributed by atoms with Crippen molar-refractivity contribution in [1.29, 1.82) is 5.26 Å². The summed E-state index contributed by atoms with van der Waals surface area (Å²) in [5.41, 5.74) is 1.01. The second-order valence-corrected chi connectivity index (χ2v) is 5.68. The zero-order valence-electron chi connectivity index (χ0n) is 16.9. The number of amides is 2. The molecule has 4 N–H and O–H groups in total. The molecule has 1 rings (SSSR count). The minimum atomic E-state index is -0.479. The van der Waals surface area contributed by atoms with Crippen LogP contribution in [-0.4, -0.2) is 50.4 Å². The van der Waals surface area contributed by atoms with Gasteiger partial charge >= 0.3 is 5.97 Å². The maximum Gasteiger partial charge on any atom is 0.306 e. The predicted octanol–water partition coefficient (Wildman–Crippen LogP) is 0.348. The van der Waals surface area contributed by atoms with Crippen LogP contribution in [0.25, 0.3) is 0 Å². The topological polar surface area (TPSA) is 145 Å².